The number of carbonyl (C=O) groups excluding carboxylic acids is 2. The van der Waals surface area contributed by atoms with Gasteiger partial charge in [0.05, 0.1) is 17.3 Å². The van der Waals surface area contributed by atoms with Crippen molar-refractivity contribution >= 4 is 17.5 Å². The number of hydrogen-bond donors (Lipinski definition) is 2. The van der Waals surface area contributed by atoms with Gasteiger partial charge in [0.1, 0.15) is 0 Å². The lowest BCUT2D eigenvalue weighted by molar-refractivity contribution is -0.138. The van der Waals surface area contributed by atoms with E-state index in [4.69, 9.17) is 0 Å². The van der Waals surface area contributed by atoms with Crippen LogP contribution in [0.15, 0.2) is 54.6 Å². The van der Waals surface area contributed by atoms with E-state index in [0.29, 0.717) is 0 Å². The zero-order valence-electron chi connectivity index (χ0n) is 12.7. The van der Waals surface area contributed by atoms with Crippen molar-refractivity contribution in [3.8, 4) is 0 Å². The molecule has 126 valence electrons. The van der Waals surface area contributed by atoms with Crippen LogP contribution in [0.5, 0.6) is 0 Å². The fraction of sp³-hybridized carbons (Fsp3) is 0.176. The number of benzene rings is 2. The Morgan fingerprint density at radius 1 is 0.917 bits per heavy atom. The van der Waals surface area contributed by atoms with Crippen LogP contribution in [0.2, 0.25) is 0 Å². The molecule has 0 aliphatic heterocycles. The molecule has 0 radical (unpaired) electrons. The highest BCUT2D eigenvalue weighted by molar-refractivity contribution is 6.39. The van der Waals surface area contributed by atoms with Gasteiger partial charge in [-0.2, -0.15) is 13.2 Å². The molecule has 0 heterocycles. The first kappa shape index (κ1) is 17.5. The predicted molar refractivity (Wildman–Crippen MR) is 83.1 cm³/mol. The highest BCUT2D eigenvalue weighted by Gasteiger charge is 2.34. The van der Waals surface area contributed by atoms with Gasteiger partial charge in [0, 0.05) is 0 Å². The van der Waals surface area contributed by atoms with Crippen LogP contribution >= 0.6 is 0 Å². The van der Waals surface area contributed by atoms with Crippen molar-refractivity contribution in [3.63, 3.8) is 0 Å². The Balaban J connectivity index is 2.07. The minimum Gasteiger partial charge on any atom is -0.341 e. The SMILES string of the molecule is C[C@@H](NC(=O)C(=O)Nc1ccccc1C(F)(F)F)c1ccccc1. The van der Waals surface area contributed by atoms with Gasteiger partial charge >= 0.3 is 18.0 Å². The topological polar surface area (TPSA) is 58.2 Å². The van der Waals surface area contributed by atoms with Gasteiger partial charge in [-0.3, -0.25) is 9.59 Å². The first-order chi connectivity index (χ1) is 11.3. The van der Waals surface area contributed by atoms with Gasteiger partial charge in [0.15, 0.2) is 0 Å². The molecule has 0 saturated heterocycles. The number of carbonyl (C=O) groups is 2. The van der Waals surface area contributed by atoms with Gasteiger partial charge < -0.3 is 10.6 Å². The lowest BCUT2D eigenvalue weighted by Crippen LogP contribution is -2.37. The molecule has 0 saturated carbocycles. The molecule has 0 spiro atoms. The fourth-order valence-corrected chi connectivity index (χ4v) is 2.11. The number of hydrogen-bond acceptors (Lipinski definition) is 2. The number of alkyl halides is 3. The van der Waals surface area contributed by atoms with E-state index >= 15 is 0 Å². The summed E-state index contributed by atoms with van der Waals surface area (Å²) in [7, 11) is 0. The summed E-state index contributed by atoms with van der Waals surface area (Å²) in [6.07, 6.45) is -4.63. The van der Waals surface area contributed by atoms with Crippen LogP contribution in [-0.2, 0) is 15.8 Å². The van der Waals surface area contributed by atoms with Crippen molar-refractivity contribution in [1.82, 2.24) is 5.32 Å². The summed E-state index contributed by atoms with van der Waals surface area (Å²) in [5, 5.41) is 4.44. The van der Waals surface area contributed by atoms with Crippen LogP contribution in [0.1, 0.15) is 24.1 Å². The van der Waals surface area contributed by atoms with E-state index in [2.05, 4.69) is 5.32 Å². The zero-order valence-corrected chi connectivity index (χ0v) is 12.7. The molecule has 0 unspecified atom stereocenters. The molecule has 2 N–H and O–H groups in total. The Labute approximate surface area is 136 Å². The van der Waals surface area contributed by atoms with E-state index in [1.54, 1.807) is 37.3 Å². The second-order valence-corrected chi connectivity index (χ2v) is 5.10. The molecule has 2 amide bonds. The summed E-state index contributed by atoms with van der Waals surface area (Å²) >= 11 is 0. The standard InChI is InChI=1S/C17H15F3N2O2/c1-11(12-7-3-2-4-8-12)21-15(23)16(24)22-14-10-6-5-9-13(14)17(18,19)20/h2-11H,1H3,(H,21,23)(H,22,24)/t11-/m1/s1. The minimum atomic E-state index is -4.63. The third-order valence-electron chi connectivity index (χ3n) is 3.33. The maximum Gasteiger partial charge on any atom is 0.418 e. The molecule has 0 bridgehead atoms. The molecule has 1 atom stereocenters. The number of amides is 2. The van der Waals surface area contributed by atoms with E-state index in [-0.39, 0.29) is 0 Å². The van der Waals surface area contributed by atoms with Crippen LogP contribution in [0, 0.1) is 0 Å². The average Bonchev–Trinajstić information content (AvgIpc) is 2.55. The quantitative estimate of drug-likeness (QED) is 0.843. The lowest BCUT2D eigenvalue weighted by Gasteiger charge is -2.16. The first-order valence-electron chi connectivity index (χ1n) is 7.12. The largest absolute Gasteiger partial charge is 0.418 e. The highest BCUT2D eigenvalue weighted by atomic mass is 19.4. The Hall–Kier alpha value is -2.83. The molecule has 0 aliphatic carbocycles. The number of para-hydroxylation sites is 1. The van der Waals surface area contributed by atoms with E-state index in [1.165, 1.54) is 12.1 Å². The minimum absolute atomic E-state index is 0.456. The third-order valence-corrected chi connectivity index (χ3v) is 3.33. The molecule has 2 aromatic carbocycles. The van der Waals surface area contributed by atoms with Crippen molar-refractivity contribution in [3.05, 3.63) is 65.7 Å². The van der Waals surface area contributed by atoms with E-state index in [9.17, 15) is 22.8 Å². The first-order valence-corrected chi connectivity index (χ1v) is 7.12. The maximum atomic E-state index is 12.9. The molecular weight excluding hydrogens is 321 g/mol. The lowest BCUT2D eigenvalue weighted by atomic mass is 10.1. The molecular formula is C17H15F3N2O2. The van der Waals surface area contributed by atoms with Crippen molar-refractivity contribution < 1.29 is 22.8 Å². The molecule has 0 aliphatic rings. The normalized spacial score (nSPS) is 12.3. The summed E-state index contributed by atoms with van der Waals surface area (Å²) in [5.41, 5.74) is -0.700. The molecule has 7 heteroatoms. The van der Waals surface area contributed by atoms with Crippen LogP contribution in [0.4, 0.5) is 18.9 Å². The summed E-state index contributed by atoms with van der Waals surface area (Å²) in [6.45, 7) is 1.67. The van der Waals surface area contributed by atoms with Gasteiger partial charge in [-0.1, -0.05) is 42.5 Å². The van der Waals surface area contributed by atoms with Gasteiger partial charge in [0.25, 0.3) is 0 Å². The van der Waals surface area contributed by atoms with Crippen LogP contribution in [0.3, 0.4) is 0 Å². The van der Waals surface area contributed by atoms with Crippen molar-refractivity contribution in [2.45, 2.75) is 19.1 Å². The van der Waals surface area contributed by atoms with Crippen LogP contribution in [0.25, 0.3) is 0 Å². The molecule has 2 rings (SSSR count). The Bertz CT molecular complexity index is 730. The van der Waals surface area contributed by atoms with Gasteiger partial charge in [-0.05, 0) is 24.6 Å². The Morgan fingerprint density at radius 3 is 2.12 bits per heavy atom. The second-order valence-electron chi connectivity index (χ2n) is 5.10. The number of rotatable bonds is 3. The summed E-state index contributed by atoms with van der Waals surface area (Å²) in [4.78, 5) is 23.8. The summed E-state index contributed by atoms with van der Waals surface area (Å²) < 4.78 is 38.6. The molecule has 2 aromatic rings. The third kappa shape index (κ3) is 4.34. The molecule has 0 fully saturated rings. The fourth-order valence-electron chi connectivity index (χ4n) is 2.11. The maximum absolute atomic E-state index is 12.9. The predicted octanol–water partition coefficient (Wildman–Crippen LogP) is 3.52. The Kier molecular flexibility index (Phi) is 5.23. The second kappa shape index (κ2) is 7.16. The van der Waals surface area contributed by atoms with Gasteiger partial charge in [0.2, 0.25) is 0 Å². The average molecular weight is 336 g/mol. The van der Waals surface area contributed by atoms with E-state index in [1.807, 2.05) is 5.32 Å². The monoisotopic (exact) mass is 336 g/mol. The smallest absolute Gasteiger partial charge is 0.341 e. The highest BCUT2D eigenvalue weighted by Crippen LogP contribution is 2.34. The van der Waals surface area contributed by atoms with Gasteiger partial charge in [-0.15, -0.1) is 0 Å². The zero-order chi connectivity index (χ0) is 17.7. The number of nitrogens with one attached hydrogen (secondary N) is 2. The van der Waals surface area contributed by atoms with E-state index < -0.39 is 35.3 Å². The van der Waals surface area contributed by atoms with Crippen molar-refractivity contribution in [2.24, 2.45) is 0 Å². The summed E-state index contributed by atoms with van der Waals surface area (Å²) in [5.74, 6) is -2.17. The van der Waals surface area contributed by atoms with E-state index in [0.717, 1.165) is 17.7 Å². The van der Waals surface area contributed by atoms with Crippen LogP contribution < -0.4 is 10.6 Å². The van der Waals surface area contributed by atoms with Crippen molar-refractivity contribution in [2.75, 3.05) is 5.32 Å². The Morgan fingerprint density at radius 2 is 1.50 bits per heavy atom. The summed E-state index contributed by atoms with van der Waals surface area (Å²) in [6, 6.07) is 12.9. The molecule has 0 aromatic heterocycles. The molecule has 24 heavy (non-hydrogen) atoms. The molecule has 4 nitrogen and oxygen atoms in total. The number of halogens is 3. The van der Waals surface area contributed by atoms with Crippen LogP contribution in [-0.4, -0.2) is 11.8 Å². The number of anilines is 1. The van der Waals surface area contributed by atoms with Gasteiger partial charge in [-0.25, -0.2) is 0 Å². The van der Waals surface area contributed by atoms with Crippen molar-refractivity contribution in [1.29, 1.82) is 0 Å².